The van der Waals surface area contributed by atoms with Crippen LogP contribution in [0.15, 0.2) is 54.6 Å². The molecule has 0 amide bonds. The molecular weight excluding hydrogens is 256 g/mol. The van der Waals surface area contributed by atoms with Crippen molar-refractivity contribution in [3.05, 3.63) is 71.3 Å². The smallest absolute Gasteiger partial charge is 0.0860 e. The van der Waals surface area contributed by atoms with Gasteiger partial charge in [0.15, 0.2) is 0 Å². The van der Waals surface area contributed by atoms with E-state index in [-0.39, 0.29) is 0 Å². The van der Waals surface area contributed by atoms with E-state index in [0.29, 0.717) is 12.2 Å². The summed E-state index contributed by atoms with van der Waals surface area (Å²) >= 11 is 0. The van der Waals surface area contributed by atoms with Crippen LogP contribution in [-0.2, 0) is 17.6 Å². The topological polar surface area (TPSA) is 9.23 Å². The molecule has 0 bridgehead atoms. The molecule has 0 saturated carbocycles. The van der Waals surface area contributed by atoms with Crippen LogP contribution in [0.25, 0.3) is 0 Å². The first kappa shape index (κ1) is 13.1. The summed E-state index contributed by atoms with van der Waals surface area (Å²) in [7, 11) is 0. The van der Waals surface area contributed by atoms with Crippen molar-refractivity contribution in [2.75, 3.05) is 0 Å². The minimum Gasteiger partial charge on any atom is -0.370 e. The van der Waals surface area contributed by atoms with Crippen molar-refractivity contribution in [1.82, 2.24) is 0 Å². The fourth-order valence-corrected chi connectivity index (χ4v) is 3.97. The number of aryl methyl sites for hydroxylation is 2. The molecule has 1 aliphatic carbocycles. The number of fused-ring (bicyclic) bond motifs is 3. The van der Waals surface area contributed by atoms with Crippen LogP contribution in [0.4, 0.5) is 0 Å². The number of rotatable bonds is 3. The summed E-state index contributed by atoms with van der Waals surface area (Å²) in [4.78, 5) is 0. The van der Waals surface area contributed by atoms with Crippen molar-refractivity contribution in [1.29, 1.82) is 0 Å². The van der Waals surface area contributed by atoms with Gasteiger partial charge in [-0.1, -0.05) is 54.6 Å². The molecule has 3 atom stereocenters. The van der Waals surface area contributed by atoms with Crippen LogP contribution in [0.5, 0.6) is 0 Å². The number of hydrogen-bond acceptors (Lipinski definition) is 1. The van der Waals surface area contributed by atoms with E-state index in [2.05, 4.69) is 54.6 Å². The molecule has 0 unspecified atom stereocenters. The van der Waals surface area contributed by atoms with Crippen LogP contribution >= 0.6 is 0 Å². The maximum atomic E-state index is 6.41. The molecule has 1 heterocycles. The summed E-state index contributed by atoms with van der Waals surface area (Å²) in [6.07, 6.45) is 6.84. The standard InChI is InChI=1S/C20H22O/c1-2-6-15(7-3-1)10-13-18-14-17-12-11-16-8-4-5-9-19(16)20(17)21-18/h1-9,17-18,20H,10-14H2/t17-,18+,20+/m0/s1. The Balaban J connectivity index is 1.43. The lowest BCUT2D eigenvalue weighted by molar-refractivity contribution is 0.0254. The van der Waals surface area contributed by atoms with E-state index in [0.717, 1.165) is 18.8 Å². The lowest BCUT2D eigenvalue weighted by atomic mass is 9.80. The van der Waals surface area contributed by atoms with Gasteiger partial charge in [-0.3, -0.25) is 0 Å². The molecule has 2 aromatic carbocycles. The largest absolute Gasteiger partial charge is 0.370 e. The predicted molar refractivity (Wildman–Crippen MR) is 85.2 cm³/mol. The molecule has 1 nitrogen and oxygen atoms in total. The van der Waals surface area contributed by atoms with Gasteiger partial charge in [0.1, 0.15) is 0 Å². The molecule has 0 spiro atoms. The minimum atomic E-state index is 0.357. The van der Waals surface area contributed by atoms with Gasteiger partial charge in [0, 0.05) is 0 Å². The molecule has 1 fully saturated rings. The van der Waals surface area contributed by atoms with Crippen molar-refractivity contribution in [3.8, 4) is 0 Å². The monoisotopic (exact) mass is 278 g/mol. The Labute approximate surface area is 127 Å². The molecule has 21 heavy (non-hydrogen) atoms. The Bertz CT molecular complexity index is 604. The SMILES string of the molecule is c1ccc(CC[C@@H]2C[C@@H]3CCc4ccccc4[C@@H]3O2)cc1. The van der Waals surface area contributed by atoms with E-state index in [1.54, 1.807) is 0 Å². The minimum absolute atomic E-state index is 0.357. The van der Waals surface area contributed by atoms with Gasteiger partial charge in [-0.25, -0.2) is 0 Å². The molecule has 1 heteroatoms. The van der Waals surface area contributed by atoms with Crippen molar-refractivity contribution in [2.45, 2.75) is 44.3 Å². The second-order valence-electron chi connectivity index (χ2n) is 6.44. The summed E-state index contributed by atoms with van der Waals surface area (Å²) in [6, 6.07) is 19.6. The zero-order valence-electron chi connectivity index (χ0n) is 12.4. The van der Waals surface area contributed by atoms with Crippen molar-refractivity contribution in [3.63, 3.8) is 0 Å². The van der Waals surface area contributed by atoms with Gasteiger partial charge in [-0.15, -0.1) is 0 Å². The van der Waals surface area contributed by atoms with Crippen molar-refractivity contribution < 1.29 is 4.74 Å². The molecule has 1 aliphatic heterocycles. The molecule has 0 aromatic heterocycles. The average Bonchev–Trinajstić information content (AvgIpc) is 2.97. The quantitative estimate of drug-likeness (QED) is 0.790. The Morgan fingerprint density at radius 2 is 1.76 bits per heavy atom. The Morgan fingerprint density at radius 1 is 0.952 bits per heavy atom. The van der Waals surface area contributed by atoms with Gasteiger partial charge in [0.2, 0.25) is 0 Å². The van der Waals surface area contributed by atoms with Crippen LogP contribution in [0.1, 0.15) is 42.1 Å². The van der Waals surface area contributed by atoms with E-state index in [1.807, 2.05) is 0 Å². The fraction of sp³-hybridized carbons (Fsp3) is 0.400. The highest BCUT2D eigenvalue weighted by Gasteiger charge is 2.38. The van der Waals surface area contributed by atoms with E-state index < -0.39 is 0 Å². The molecule has 0 N–H and O–H groups in total. The number of ether oxygens (including phenoxy) is 1. The first-order valence-corrected chi connectivity index (χ1v) is 8.17. The second kappa shape index (κ2) is 5.65. The molecule has 4 rings (SSSR count). The Morgan fingerprint density at radius 3 is 2.67 bits per heavy atom. The van der Waals surface area contributed by atoms with E-state index in [4.69, 9.17) is 4.74 Å². The van der Waals surface area contributed by atoms with Gasteiger partial charge in [0.25, 0.3) is 0 Å². The highest BCUT2D eigenvalue weighted by atomic mass is 16.5. The van der Waals surface area contributed by atoms with Crippen LogP contribution in [0.3, 0.4) is 0 Å². The normalized spacial score (nSPS) is 27.1. The van der Waals surface area contributed by atoms with Gasteiger partial charge in [0.05, 0.1) is 12.2 Å². The molecular formula is C20H22O. The molecule has 0 radical (unpaired) electrons. The van der Waals surface area contributed by atoms with E-state index in [9.17, 15) is 0 Å². The third kappa shape index (κ3) is 2.63. The van der Waals surface area contributed by atoms with Crippen LogP contribution in [0, 0.1) is 5.92 Å². The summed E-state index contributed by atoms with van der Waals surface area (Å²) in [5.41, 5.74) is 4.38. The van der Waals surface area contributed by atoms with Gasteiger partial charge in [-0.05, 0) is 54.7 Å². The third-order valence-corrected chi connectivity index (χ3v) is 5.08. The average molecular weight is 278 g/mol. The number of benzene rings is 2. The Kier molecular flexibility index (Phi) is 3.52. The van der Waals surface area contributed by atoms with Crippen molar-refractivity contribution >= 4 is 0 Å². The highest BCUT2D eigenvalue weighted by molar-refractivity contribution is 5.32. The summed E-state index contributed by atoms with van der Waals surface area (Å²) in [5, 5.41) is 0. The maximum Gasteiger partial charge on any atom is 0.0860 e. The lowest BCUT2D eigenvalue weighted by Gasteiger charge is -2.26. The molecule has 1 saturated heterocycles. The summed E-state index contributed by atoms with van der Waals surface area (Å²) < 4.78 is 6.41. The zero-order valence-corrected chi connectivity index (χ0v) is 12.4. The second-order valence-corrected chi connectivity index (χ2v) is 6.44. The summed E-state index contributed by atoms with van der Waals surface area (Å²) in [5.74, 6) is 0.737. The predicted octanol–water partition coefficient (Wildman–Crippen LogP) is 4.71. The lowest BCUT2D eigenvalue weighted by Crippen LogP contribution is -2.16. The fourth-order valence-electron chi connectivity index (χ4n) is 3.97. The third-order valence-electron chi connectivity index (χ3n) is 5.08. The number of hydrogen-bond donors (Lipinski definition) is 0. The maximum absolute atomic E-state index is 6.41. The molecule has 108 valence electrons. The van der Waals surface area contributed by atoms with Gasteiger partial charge < -0.3 is 4.74 Å². The first-order valence-electron chi connectivity index (χ1n) is 8.17. The highest BCUT2D eigenvalue weighted by Crippen LogP contribution is 2.46. The van der Waals surface area contributed by atoms with Crippen LogP contribution in [0.2, 0.25) is 0 Å². The van der Waals surface area contributed by atoms with E-state index >= 15 is 0 Å². The molecule has 2 aromatic rings. The van der Waals surface area contributed by atoms with E-state index in [1.165, 1.54) is 36.0 Å². The van der Waals surface area contributed by atoms with Gasteiger partial charge >= 0.3 is 0 Å². The summed E-state index contributed by atoms with van der Waals surface area (Å²) in [6.45, 7) is 0. The Hall–Kier alpha value is -1.60. The zero-order chi connectivity index (χ0) is 14.1. The van der Waals surface area contributed by atoms with Crippen molar-refractivity contribution in [2.24, 2.45) is 5.92 Å². The molecule has 2 aliphatic rings. The van der Waals surface area contributed by atoms with Crippen LogP contribution in [-0.4, -0.2) is 6.10 Å². The van der Waals surface area contributed by atoms with Gasteiger partial charge in [-0.2, -0.15) is 0 Å². The van der Waals surface area contributed by atoms with Crippen LogP contribution < -0.4 is 0 Å². The first-order chi connectivity index (χ1) is 10.4.